The Labute approximate surface area is 139 Å². The molecular formula is C18H17NO5. The van der Waals surface area contributed by atoms with E-state index in [1.54, 1.807) is 19.1 Å². The number of carboxylic acid groups (broad SMARTS) is 1. The van der Waals surface area contributed by atoms with E-state index in [1.165, 1.54) is 0 Å². The first-order chi connectivity index (χ1) is 11.4. The van der Waals surface area contributed by atoms with Crippen molar-refractivity contribution in [3.63, 3.8) is 0 Å². The second kappa shape index (κ2) is 6.23. The fourth-order valence-corrected chi connectivity index (χ4v) is 2.46. The molecule has 3 rings (SSSR count). The zero-order chi connectivity index (χ0) is 17.3. The highest BCUT2D eigenvalue weighted by atomic mass is 16.5. The molecule has 1 aliphatic heterocycles. The van der Waals surface area contributed by atoms with Crippen molar-refractivity contribution < 1.29 is 24.2 Å². The summed E-state index contributed by atoms with van der Waals surface area (Å²) in [5, 5.41) is 11.6. The maximum Gasteiger partial charge on any atom is 0.341 e. The summed E-state index contributed by atoms with van der Waals surface area (Å²) >= 11 is 0. The number of benzene rings is 2. The highest BCUT2D eigenvalue weighted by molar-refractivity contribution is 5.98. The molecule has 2 aromatic rings. The third kappa shape index (κ3) is 3.17. The molecule has 1 amide bonds. The van der Waals surface area contributed by atoms with Gasteiger partial charge in [0.1, 0.15) is 11.5 Å². The number of ether oxygens (including phenoxy) is 2. The highest BCUT2D eigenvalue weighted by Crippen LogP contribution is 2.35. The third-order valence-electron chi connectivity index (χ3n) is 3.78. The number of nitrogens with one attached hydrogen (secondary N) is 1. The van der Waals surface area contributed by atoms with Crippen molar-refractivity contribution in [1.29, 1.82) is 0 Å². The van der Waals surface area contributed by atoms with Crippen LogP contribution in [0.15, 0.2) is 36.4 Å². The van der Waals surface area contributed by atoms with Crippen LogP contribution in [0.2, 0.25) is 0 Å². The zero-order valence-corrected chi connectivity index (χ0v) is 13.3. The largest absolute Gasteiger partial charge is 0.482 e. The van der Waals surface area contributed by atoms with Crippen molar-refractivity contribution in [2.45, 2.75) is 20.0 Å². The second-order valence-electron chi connectivity index (χ2n) is 5.62. The van der Waals surface area contributed by atoms with Gasteiger partial charge < -0.3 is 19.9 Å². The van der Waals surface area contributed by atoms with Crippen LogP contribution >= 0.6 is 0 Å². The van der Waals surface area contributed by atoms with Crippen molar-refractivity contribution in [2.24, 2.45) is 0 Å². The number of aliphatic carboxylic acids is 1. The number of hydrogen-bond donors (Lipinski definition) is 2. The van der Waals surface area contributed by atoms with E-state index < -0.39 is 18.7 Å². The second-order valence-corrected chi connectivity index (χ2v) is 5.62. The van der Waals surface area contributed by atoms with Gasteiger partial charge in [0.2, 0.25) is 0 Å². The van der Waals surface area contributed by atoms with Gasteiger partial charge in [0.15, 0.2) is 12.7 Å². The van der Waals surface area contributed by atoms with Crippen molar-refractivity contribution in [3.05, 3.63) is 42.0 Å². The molecule has 0 aromatic heterocycles. The minimum absolute atomic E-state index is 0.186. The van der Waals surface area contributed by atoms with Gasteiger partial charge in [-0.25, -0.2) is 4.79 Å². The fraction of sp³-hybridized carbons (Fsp3) is 0.222. The standard InChI is InChI=1S/C18H17NO5/c1-10-3-4-13(8-16(10)23-9-17(20)21)12-5-6-15-14(7-12)19-18(22)11(2)24-15/h3-8,11H,9H2,1-2H3,(H,19,22)(H,20,21). The average Bonchev–Trinajstić information content (AvgIpc) is 2.54. The molecule has 1 heterocycles. The number of rotatable bonds is 4. The van der Waals surface area contributed by atoms with Gasteiger partial charge in [-0.3, -0.25) is 4.79 Å². The Balaban J connectivity index is 1.92. The van der Waals surface area contributed by atoms with Crippen LogP contribution in [0.3, 0.4) is 0 Å². The van der Waals surface area contributed by atoms with Crippen LogP contribution in [0.25, 0.3) is 11.1 Å². The van der Waals surface area contributed by atoms with Gasteiger partial charge in [0.05, 0.1) is 5.69 Å². The SMILES string of the molecule is Cc1ccc(-c2ccc3c(c2)NC(=O)C(C)O3)cc1OCC(=O)O. The maximum atomic E-state index is 11.7. The molecule has 0 saturated carbocycles. The fourth-order valence-electron chi connectivity index (χ4n) is 2.46. The van der Waals surface area contributed by atoms with Gasteiger partial charge in [-0.2, -0.15) is 0 Å². The molecule has 6 heteroatoms. The number of carbonyl (C=O) groups excluding carboxylic acids is 1. The molecule has 1 unspecified atom stereocenters. The summed E-state index contributed by atoms with van der Waals surface area (Å²) in [4.78, 5) is 22.4. The Kier molecular flexibility index (Phi) is 4.12. The topological polar surface area (TPSA) is 84.9 Å². The third-order valence-corrected chi connectivity index (χ3v) is 3.78. The first kappa shape index (κ1) is 15.9. The van der Waals surface area contributed by atoms with Gasteiger partial charge >= 0.3 is 5.97 Å². The van der Waals surface area contributed by atoms with Gasteiger partial charge in [0.25, 0.3) is 5.91 Å². The van der Waals surface area contributed by atoms with E-state index in [4.69, 9.17) is 14.6 Å². The summed E-state index contributed by atoms with van der Waals surface area (Å²) in [6.45, 7) is 3.15. The quantitative estimate of drug-likeness (QED) is 0.902. The van der Waals surface area contributed by atoms with E-state index in [0.717, 1.165) is 16.7 Å². The molecule has 0 aliphatic carbocycles. The van der Waals surface area contributed by atoms with Gasteiger partial charge in [-0.05, 0) is 48.7 Å². The Bertz CT molecular complexity index is 815. The minimum atomic E-state index is -1.03. The van der Waals surface area contributed by atoms with Crippen molar-refractivity contribution in [1.82, 2.24) is 0 Å². The van der Waals surface area contributed by atoms with Gasteiger partial charge in [-0.15, -0.1) is 0 Å². The number of carbonyl (C=O) groups is 2. The Morgan fingerprint density at radius 3 is 2.71 bits per heavy atom. The molecule has 0 spiro atoms. The molecule has 124 valence electrons. The first-order valence-electron chi connectivity index (χ1n) is 7.51. The van der Waals surface area contributed by atoms with Crippen LogP contribution in [0.4, 0.5) is 5.69 Å². The number of carboxylic acids is 1. The average molecular weight is 327 g/mol. The van der Waals surface area contributed by atoms with E-state index in [-0.39, 0.29) is 5.91 Å². The molecule has 24 heavy (non-hydrogen) atoms. The summed E-state index contributed by atoms with van der Waals surface area (Å²) in [7, 11) is 0. The molecule has 0 saturated heterocycles. The lowest BCUT2D eigenvalue weighted by atomic mass is 10.0. The Morgan fingerprint density at radius 1 is 1.25 bits per heavy atom. The summed E-state index contributed by atoms with van der Waals surface area (Å²) in [6.07, 6.45) is -0.515. The zero-order valence-electron chi connectivity index (χ0n) is 13.3. The minimum Gasteiger partial charge on any atom is -0.482 e. The van der Waals surface area contributed by atoms with Crippen LogP contribution < -0.4 is 14.8 Å². The molecule has 1 atom stereocenters. The summed E-state index contributed by atoms with van der Waals surface area (Å²) < 4.78 is 10.9. The van der Waals surface area contributed by atoms with E-state index in [0.29, 0.717) is 17.2 Å². The first-order valence-corrected chi connectivity index (χ1v) is 7.51. The lowest BCUT2D eigenvalue weighted by Gasteiger charge is -2.23. The van der Waals surface area contributed by atoms with Crippen LogP contribution in [0.1, 0.15) is 12.5 Å². The smallest absolute Gasteiger partial charge is 0.341 e. The van der Waals surface area contributed by atoms with Gasteiger partial charge in [-0.1, -0.05) is 18.2 Å². The molecule has 0 fully saturated rings. The number of anilines is 1. The van der Waals surface area contributed by atoms with Crippen LogP contribution in [-0.4, -0.2) is 29.7 Å². The monoisotopic (exact) mass is 327 g/mol. The molecule has 0 radical (unpaired) electrons. The molecular weight excluding hydrogens is 310 g/mol. The molecule has 0 bridgehead atoms. The van der Waals surface area contributed by atoms with E-state index >= 15 is 0 Å². The van der Waals surface area contributed by atoms with Crippen LogP contribution in [0, 0.1) is 6.92 Å². The van der Waals surface area contributed by atoms with E-state index in [9.17, 15) is 9.59 Å². The normalized spacial score (nSPS) is 15.9. The summed E-state index contributed by atoms with van der Waals surface area (Å²) in [6, 6.07) is 11.1. The van der Waals surface area contributed by atoms with E-state index in [2.05, 4.69) is 5.32 Å². The lowest BCUT2D eigenvalue weighted by molar-refractivity contribution is -0.139. The number of hydrogen-bond acceptors (Lipinski definition) is 4. The van der Waals surface area contributed by atoms with Crippen LogP contribution in [-0.2, 0) is 9.59 Å². The van der Waals surface area contributed by atoms with Crippen LogP contribution in [0.5, 0.6) is 11.5 Å². The number of fused-ring (bicyclic) bond motifs is 1. The van der Waals surface area contributed by atoms with Crippen molar-refractivity contribution in [2.75, 3.05) is 11.9 Å². The van der Waals surface area contributed by atoms with Crippen molar-refractivity contribution >= 4 is 17.6 Å². The predicted octanol–water partition coefficient (Wildman–Crippen LogP) is 2.84. The lowest BCUT2D eigenvalue weighted by Crippen LogP contribution is -2.34. The predicted molar refractivity (Wildman–Crippen MR) is 88.5 cm³/mol. The molecule has 1 aliphatic rings. The van der Waals surface area contributed by atoms with Crippen molar-refractivity contribution in [3.8, 4) is 22.6 Å². The maximum absolute atomic E-state index is 11.7. The Hall–Kier alpha value is -3.02. The Morgan fingerprint density at radius 2 is 1.96 bits per heavy atom. The van der Waals surface area contributed by atoms with E-state index in [1.807, 2.05) is 31.2 Å². The number of amides is 1. The molecule has 2 N–H and O–H groups in total. The molecule has 6 nitrogen and oxygen atoms in total. The number of aryl methyl sites for hydroxylation is 1. The highest BCUT2D eigenvalue weighted by Gasteiger charge is 2.23. The summed E-state index contributed by atoms with van der Waals surface area (Å²) in [5.41, 5.74) is 3.19. The summed E-state index contributed by atoms with van der Waals surface area (Å²) in [5.74, 6) is -0.0709. The molecule has 2 aromatic carbocycles. The van der Waals surface area contributed by atoms with Gasteiger partial charge in [0, 0.05) is 0 Å².